The second kappa shape index (κ2) is 1.79. The lowest BCUT2D eigenvalue weighted by Gasteiger charge is -2.08. The van der Waals surface area contributed by atoms with Crippen LogP contribution in [-0.2, 0) is 0 Å². The molecule has 1 aliphatic heterocycles. The van der Waals surface area contributed by atoms with E-state index in [1.807, 2.05) is 6.21 Å². The van der Waals surface area contributed by atoms with Gasteiger partial charge in [-0.15, -0.1) is 0 Å². The summed E-state index contributed by atoms with van der Waals surface area (Å²) in [6.07, 6.45) is 8.53. The van der Waals surface area contributed by atoms with Crippen LogP contribution in [0.4, 0.5) is 0 Å². The standard InChI is InChI=1S/C7H8N2/c1-2-4-7-6(3-1)5-8-9-7/h2,4-6H,1,3H2. The summed E-state index contributed by atoms with van der Waals surface area (Å²) in [7, 11) is 0. The first-order valence-corrected chi connectivity index (χ1v) is 3.24. The van der Waals surface area contributed by atoms with Crippen molar-refractivity contribution in [2.45, 2.75) is 12.8 Å². The molecule has 0 spiro atoms. The van der Waals surface area contributed by atoms with Gasteiger partial charge in [-0.1, -0.05) is 6.08 Å². The predicted molar refractivity (Wildman–Crippen MR) is 37.8 cm³/mol. The van der Waals surface area contributed by atoms with Crippen LogP contribution in [0.1, 0.15) is 12.8 Å². The first kappa shape index (κ1) is 4.91. The van der Waals surface area contributed by atoms with E-state index in [0.29, 0.717) is 5.92 Å². The smallest absolute Gasteiger partial charge is 0.0712 e. The molecule has 0 fully saturated rings. The Morgan fingerprint density at radius 2 is 2.56 bits per heavy atom. The van der Waals surface area contributed by atoms with Gasteiger partial charge in [0.1, 0.15) is 0 Å². The molecule has 2 rings (SSSR count). The minimum atomic E-state index is 0.537. The zero-order valence-electron chi connectivity index (χ0n) is 5.12. The van der Waals surface area contributed by atoms with Gasteiger partial charge in [-0.2, -0.15) is 10.2 Å². The Bertz CT molecular complexity index is 201. The SMILES string of the molecule is C1=CC2=NN=CC2CC1. The predicted octanol–water partition coefficient (Wildman–Crippen LogP) is 1.39. The van der Waals surface area contributed by atoms with Gasteiger partial charge in [-0.05, 0) is 18.9 Å². The largest absolute Gasteiger partial charge is 0.163 e. The lowest BCUT2D eigenvalue weighted by atomic mass is 9.94. The van der Waals surface area contributed by atoms with Gasteiger partial charge < -0.3 is 0 Å². The average molecular weight is 120 g/mol. The molecule has 1 unspecified atom stereocenters. The number of hydrogen-bond acceptors (Lipinski definition) is 2. The Morgan fingerprint density at radius 1 is 1.56 bits per heavy atom. The maximum Gasteiger partial charge on any atom is 0.0712 e. The van der Waals surface area contributed by atoms with Crippen LogP contribution in [0.25, 0.3) is 0 Å². The summed E-state index contributed by atoms with van der Waals surface area (Å²) in [4.78, 5) is 0. The molecule has 9 heavy (non-hydrogen) atoms. The maximum atomic E-state index is 3.96. The molecule has 2 aliphatic rings. The van der Waals surface area contributed by atoms with Crippen LogP contribution in [0.5, 0.6) is 0 Å². The highest BCUT2D eigenvalue weighted by Gasteiger charge is 2.17. The zero-order chi connectivity index (χ0) is 6.10. The number of allylic oxidation sites excluding steroid dienone is 2. The van der Waals surface area contributed by atoms with E-state index < -0.39 is 0 Å². The molecule has 0 aromatic heterocycles. The Morgan fingerprint density at radius 3 is 3.44 bits per heavy atom. The summed E-state index contributed by atoms with van der Waals surface area (Å²) < 4.78 is 0. The fraction of sp³-hybridized carbons (Fsp3) is 0.429. The van der Waals surface area contributed by atoms with Crippen LogP contribution in [0.3, 0.4) is 0 Å². The van der Waals surface area contributed by atoms with Crippen molar-refractivity contribution in [3.8, 4) is 0 Å². The molecule has 0 saturated carbocycles. The van der Waals surface area contributed by atoms with Crippen molar-refractivity contribution in [2.75, 3.05) is 0 Å². The third kappa shape index (κ3) is 0.707. The molecular weight excluding hydrogens is 112 g/mol. The highest BCUT2D eigenvalue weighted by Crippen LogP contribution is 2.17. The minimum absolute atomic E-state index is 0.537. The van der Waals surface area contributed by atoms with E-state index in [1.54, 1.807) is 0 Å². The molecule has 0 saturated heterocycles. The summed E-state index contributed by atoms with van der Waals surface area (Å²) in [6.45, 7) is 0. The summed E-state index contributed by atoms with van der Waals surface area (Å²) in [5.41, 5.74) is 1.14. The quantitative estimate of drug-likeness (QED) is 0.461. The first-order valence-electron chi connectivity index (χ1n) is 3.24. The Hall–Kier alpha value is -0.920. The van der Waals surface area contributed by atoms with Crippen molar-refractivity contribution in [1.29, 1.82) is 0 Å². The Kier molecular flexibility index (Phi) is 0.979. The number of fused-ring (bicyclic) bond motifs is 1. The first-order chi connectivity index (χ1) is 4.47. The molecule has 46 valence electrons. The number of nitrogens with zero attached hydrogens (tertiary/aromatic N) is 2. The fourth-order valence-electron chi connectivity index (χ4n) is 1.19. The van der Waals surface area contributed by atoms with E-state index in [-0.39, 0.29) is 0 Å². The molecule has 0 bridgehead atoms. The van der Waals surface area contributed by atoms with E-state index >= 15 is 0 Å². The van der Waals surface area contributed by atoms with Crippen molar-refractivity contribution >= 4 is 11.9 Å². The van der Waals surface area contributed by atoms with Crippen LogP contribution in [0, 0.1) is 5.92 Å². The molecule has 0 amide bonds. The van der Waals surface area contributed by atoms with Gasteiger partial charge in [0.2, 0.25) is 0 Å². The summed E-state index contributed by atoms with van der Waals surface area (Å²) in [6, 6.07) is 0. The minimum Gasteiger partial charge on any atom is -0.163 e. The Balaban J connectivity index is 2.31. The zero-order valence-corrected chi connectivity index (χ0v) is 5.12. The Labute approximate surface area is 54.0 Å². The van der Waals surface area contributed by atoms with Gasteiger partial charge in [-0.25, -0.2) is 0 Å². The number of hydrogen-bond donors (Lipinski definition) is 0. The van der Waals surface area contributed by atoms with Gasteiger partial charge in [0.25, 0.3) is 0 Å². The van der Waals surface area contributed by atoms with E-state index in [2.05, 4.69) is 22.4 Å². The fourth-order valence-corrected chi connectivity index (χ4v) is 1.19. The molecule has 0 radical (unpaired) electrons. The highest BCUT2D eigenvalue weighted by atomic mass is 15.2. The van der Waals surface area contributed by atoms with E-state index in [9.17, 15) is 0 Å². The second-order valence-electron chi connectivity index (χ2n) is 2.38. The normalized spacial score (nSPS) is 30.2. The van der Waals surface area contributed by atoms with Crippen molar-refractivity contribution in [1.82, 2.24) is 0 Å². The van der Waals surface area contributed by atoms with E-state index in [1.165, 1.54) is 12.8 Å². The van der Waals surface area contributed by atoms with E-state index in [4.69, 9.17) is 0 Å². The lowest BCUT2D eigenvalue weighted by Crippen LogP contribution is -2.12. The van der Waals surface area contributed by atoms with Crippen molar-refractivity contribution in [3.05, 3.63) is 12.2 Å². The van der Waals surface area contributed by atoms with Crippen LogP contribution >= 0.6 is 0 Å². The van der Waals surface area contributed by atoms with E-state index in [0.717, 1.165) is 5.71 Å². The van der Waals surface area contributed by atoms with Crippen LogP contribution in [0.2, 0.25) is 0 Å². The molecule has 2 heteroatoms. The molecule has 2 nitrogen and oxygen atoms in total. The summed E-state index contributed by atoms with van der Waals surface area (Å²) in [5, 5.41) is 7.80. The summed E-state index contributed by atoms with van der Waals surface area (Å²) in [5.74, 6) is 0.537. The van der Waals surface area contributed by atoms with Gasteiger partial charge >= 0.3 is 0 Å². The van der Waals surface area contributed by atoms with Crippen LogP contribution < -0.4 is 0 Å². The summed E-state index contributed by atoms with van der Waals surface area (Å²) >= 11 is 0. The topological polar surface area (TPSA) is 24.7 Å². The van der Waals surface area contributed by atoms with Gasteiger partial charge in [0.15, 0.2) is 0 Å². The molecule has 1 aliphatic carbocycles. The average Bonchev–Trinajstić information content (AvgIpc) is 2.33. The van der Waals surface area contributed by atoms with Gasteiger partial charge in [0.05, 0.1) is 5.71 Å². The van der Waals surface area contributed by atoms with Crippen molar-refractivity contribution in [2.24, 2.45) is 16.1 Å². The van der Waals surface area contributed by atoms with Crippen molar-refractivity contribution < 1.29 is 0 Å². The lowest BCUT2D eigenvalue weighted by molar-refractivity contribution is 0.798. The second-order valence-corrected chi connectivity index (χ2v) is 2.38. The molecule has 0 N–H and O–H groups in total. The highest BCUT2D eigenvalue weighted by molar-refractivity contribution is 6.08. The molecular formula is C7H8N2. The van der Waals surface area contributed by atoms with Crippen molar-refractivity contribution in [3.63, 3.8) is 0 Å². The third-order valence-corrected chi connectivity index (χ3v) is 1.73. The third-order valence-electron chi connectivity index (χ3n) is 1.73. The number of rotatable bonds is 0. The molecule has 1 heterocycles. The van der Waals surface area contributed by atoms with Crippen LogP contribution in [0.15, 0.2) is 22.4 Å². The van der Waals surface area contributed by atoms with Gasteiger partial charge in [0, 0.05) is 12.1 Å². The monoisotopic (exact) mass is 120 g/mol. The van der Waals surface area contributed by atoms with Crippen LogP contribution in [-0.4, -0.2) is 11.9 Å². The molecule has 0 aromatic carbocycles. The molecule has 0 aromatic rings. The molecule has 1 atom stereocenters. The maximum absolute atomic E-state index is 3.96. The van der Waals surface area contributed by atoms with Gasteiger partial charge in [-0.3, -0.25) is 0 Å².